The smallest absolute Gasteiger partial charge is 0.186 e. The number of hydrogen-bond acceptors (Lipinski definition) is 30. The van der Waals surface area contributed by atoms with Crippen molar-refractivity contribution in [2.75, 3.05) is 32.6 Å². The molecule has 35 N–H and O–H groups in total. The third-order valence-electron chi connectivity index (χ3n) is 13.3. The summed E-state index contributed by atoms with van der Waals surface area (Å²) in [5.41, 5.74) is 69.9. The number of aliphatic hydroxyl groups excluding tert-OH is 10. The van der Waals surface area contributed by atoms with Gasteiger partial charge in [0.15, 0.2) is 36.3 Å². The molecule has 72 heavy (non-hydrogen) atoms. The fraction of sp³-hybridized carbons (Fsp3) is 0.949. The molecule has 0 aromatic heterocycles. The topological polar surface area (TPSA) is 625 Å². The number of hydrogen-bond donors (Lipinski definition) is 23. The van der Waals surface area contributed by atoms with Crippen LogP contribution in [0.5, 0.6) is 0 Å². The Morgan fingerprint density at radius 2 is 0.819 bits per heavy atom. The molecule has 0 amide bonds. The number of nitrogens with zero attached hydrogens (tertiary/aromatic N) is 1. The lowest BCUT2D eigenvalue weighted by Crippen LogP contribution is -2.68. The molecule has 0 unspecified atom stereocenters. The van der Waals surface area contributed by atoms with E-state index >= 15 is 0 Å². The lowest BCUT2D eigenvalue weighted by molar-refractivity contribution is -0.307. The van der Waals surface area contributed by atoms with Gasteiger partial charge in [-0.2, -0.15) is 0 Å². The van der Waals surface area contributed by atoms with Crippen molar-refractivity contribution >= 4 is 22.9 Å². The number of rotatable bonds is 13. The highest BCUT2D eigenvalue weighted by Gasteiger charge is 2.52. The molecule has 4 heterocycles. The Kier molecular flexibility index (Phi) is 24.7. The Morgan fingerprint density at radius 1 is 0.500 bits per heavy atom. The first-order valence-electron chi connectivity index (χ1n) is 23.4. The number of ether oxygens (including phenoxy) is 8. The van der Waals surface area contributed by atoms with Crippen LogP contribution in [0.2, 0.25) is 0 Å². The number of guanidine groups is 1. The van der Waals surface area contributed by atoms with Crippen molar-refractivity contribution in [2.45, 2.75) is 197 Å². The predicted octanol–water partition coefficient (Wildman–Crippen LogP) is -13.0. The van der Waals surface area contributed by atoms with Crippen molar-refractivity contribution < 1.29 is 89.0 Å². The number of nitrogens with two attached hydrogens (primary N) is 12. The molecule has 33 heteroatoms. The molecule has 6 aliphatic rings. The lowest BCUT2D eigenvalue weighted by atomic mass is 9.84. The van der Waals surface area contributed by atoms with Gasteiger partial charge in [0, 0.05) is 30.7 Å². The Bertz CT molecular complexity index is 1670. The second-order valence-electron chi connectivity index (χ2n) is 18.7. The normalized spacial score (nSPS) is 47.7. The molecule has 28 atom stereocenters. The van der Waals surface area contributed by atoms with Gasteiger partial charge >= 0.3 is 0 Å². The SMILES string of the molecule is CSC(=N)N.NC(N)=NC[C@H]1O[C@H](O[C@H]2[C@H](O)[C@@H](O[C@H]3O[C@H](CO)[C@@H](O)[C@H](O)[C@H]3N)[C@H](N)C[C@@H]2N)[C@H](N)C[C@@H]1O.NC[C@H]1O[C@H](O[C@H]2[C@H](O)[C@@H](O[C@H]3O[C@H](CO)[C@@H](O)[C@H](O)[C@H]3N)[C@H](N)C[C@@H]2N)[C@H](N)C[C@@H]1O. The summed E-state index contributed by atoms with van der Waals surface area (Å²) in [6, 6.07) is -6.67. The maximum Gasteiger partial charge on any atom is 0.186 e. The van der Waals surface area contributed by atoms with Crippen molar-refractivity contribution in [3.63, 3.8) is 0 Å². The van der Waals surface area contributed by atoms with Gasteiger partial charge in [0.25, 0.3) is 0 Å². The van der Waals surface area contributed by atoms with Gasteiger partial charge in [0.05, 0.1) is 62.2 Å². The molecule has 0 radical (unpaired) electrons. The van der Waals surface area contributed by atoms with Crippen LogP contribution < -0.4 is 68.8 Å². The number of aliphatic hydroxyl groups is 10. The van der Waals surface area contributed by atoms with Crippen LogP contribution in [0.1, 0.15) is 25.7 Å². The summed E-state index contributed by atoms with van der Waals surface area (Å²) >= 11 is 1.24. The highest BCUT2D eigenvalue weighted by molar-refractivity contribution is 8.13. The average Bonchev–Trinajstić information content (AvgIpc) is 3.32. The van der Waals surface area contributed by atoms with Gasteiger partial charge in [-0.05, 0) is 31.9 Å². The molecular formula is C39H82N14O18S. The van der Waals surface area contributed by atoms with E-state index in [-0.39, 0.29) is 49.9 Å². The number of amidine groups is 1. The minimum absolute atomic E-state index is 0.0247. The molecule has 4 aliphatic heterocycles. The summed E-state index contributed by atoms with van der Waals surface area (Å²) in [5.74, 6) is -0.170. The van der Waals surface area contributed by atoms with Gasteiger partial charge in [0.1, 0.15) is 79.4 Å². The van der Waals surface area contributed by atoms with Gasteiger partial charge in [-0.3, -0.25) is 10.4 Å². The first-order valence-corrected chi connectivity index (χ1v) is 24.6. The number of aliphatic imine (C=N–C) groups is 1. The monoisotopic (exact) mass is 1070 g/mol. The number of thioether (sulfide) groups is 1. The van der Waals surface area contributed by atoms with Crippen LogP contribution in [0.25, 0.3) is 0 Å². The van der Waals surface area contributed by atoms with E-state index in [0.717, 1.165) is 0 Å². The number of nitrogens with one attached hydrogen (secondary N) is 1. The molecular weight excluding hydrogens is 985 g/mol. The van der Waals surface area contributed by atoms with E-state index in [4.69, 9.17) is 112 Å². The standard InChI is InChI=1S/C19H39N7O9.C18H37N5O9.C2H6N2S/c20-5-1-6(21)16(35-18-11(23)13(30)12(29)10(4-27)33-18)14(31)15(5)34-17-7(22)2-8(28)9(32-17)3-26-19(24)25;19-3-9-8(25)2-7(22)17(29-9)31-15-5(20)1-6(21)16(14(15)28)32-18-11(23)13(27)12(26)10(4-24)30-18;1-5-2(3)4/h5-18,27-31H,1-4,20-23H2,(H4,24,25,26);5-18,24-28H,1-4,19-23H2;1H3,(H3,3,4)/t2*5-,6+,7+,8-,9+,10+,11+,12+,13+,14-,15+,16-,17+,18+;/m00./s1. The molecule has 2 saturated carbocycles. The average molecular weight is 1070 g/mol. The Labute approximate surface area is 419 Å². The zero-order chi connectivity index (χ0) is 54.0. The van der Waals surface area contributed by atoms with Gasteiger partial charge < -0.3 is 158 Å². The summed E-state index contributed by atoms with van der Waals surface area (Å²) in [6.07, 6.45) is -20.3. The third-order valence-corrected chi connectivity index (χ3v) is 13.7. The second-order valence-corrected chi connectivity index (χ2v) is 19.5. The predicted molar refractivity (Wildman–Crippen MR) is 254 cm³/mol. The third kappa shape index (κ3) is 15.8. The molecule has 0 aromatic carbocycles. The van der Waals surface area contributed by atoms with Crippen LogP contribution in [-0.2, 0) is 37.9 Å². The van der Waals surface area contributed by atoms with Crippen molar-refractivity contribution in [1.82, 2.24) is 0 Å². The lowest BCUT2D eigenvalue weighted by Gasteiger charge is -2.47. The minimum atomic E-state index is -1.45. The maximum absolute atomic E-state index is 11.1. The maximum atomic E-state index is 11.1. The van der Waals surface area contributed by atoms with E-state index in [9.17, 15) is 51.1 Å². The first-order chi connectivity index (χ1) is 33.8. The van der Waals surface area contributed by atoms with E-state index in [1.54, 1.807) is 6.26 Å². The van der Waals surface area contributed by atoms with Crippen molar-refractivity contribution in [1.29, 1.82) is 5.41 Å². The van der Waals surface area contributed by atoms with E-state index < -0.39 is 184 Å². The summed E-state index contributed by atoms with van der Waals surface area (Å²) in [7, 11) is 0. The van der Waals surface area contributed by atoms with Crippen LogP contribution in [0.3, 0.4) is 0 Å². The molecule has 2 aliphatic carbocycles. The van der Waals surface area contributed by atoms with Gasteiger partial charge in [0.2, 0.25) is 0 Å². The quantitative estimate of drug-likeness (QED) is 0.0601. The van der Waals surface area contributed by atoms with E-state index in [1.807, 2.05) is 0 Å². The molecule has 4 saturated heterocycles. The summed E-state index contributed by atoms with van der Waals surface area (Å²) in [5, 5.41) is 108. The van der Waals surface area contributed by atoms with Crippen LogP contribution in [0, 0.1) is 5.41 Å². The van der Waals surface area contributed by atoms with E-state index in [2.05, 4.69) is 4.99 Å². The largest absolute Gasteiger partial charge is 0.394 e. The van der Waals surface area contributed by atoms with Gasteiger partial charge in [-0.1, -0.05) is 11.8 Å². The Morgan fingerprint density at radius 3 is 1.14 bits per heavy atom. The molecule has 0 spiro atoms. The second kappa shape index (κ2) is 28.4. The molecule has 32 nitrogen and oxygen atoms in total. The van der Waals surface area contributed by atoms with Crippen molar-refractivity contribution in [3.8, 4) is 0 Å². The fourth-order valence-electron chi connectivity index (χ4n) is 9.00. The van der Waals surface area contributed by atoms with Crippen LogP contribution >= 0.6 is 11.8 Å². The fourth-order valence-corrected chi connectivity index (χ4v) is 9.00. The molecule has 6 rings (SSSR count). The van der Waals surface area contributed by atoms with Gasteiger partial charge in [-0.15, -0.1) is 0 Å². The zero-order valence-corrected chi connectivity index (χ0v) is 40.7. The summed E-state index contributed by atoms with van der Waals surface area (Å²) in [6.45, 7) is -1.14. The van der Waals surface area contributed by atoms with Crippen LogP contribution in [-0.4, -0.2) is 266 Å². The summed E-state index contributed by atoms with van der Waals surface area (Å²) < 4.78 is 45.8. The van der Waals surface area contributed by atoms with Crippen LogP contribution in [0.15, 0.2) is 4.99 Å². The minimum Gasteiger partial charge on any atom is -0.394 e. The highest BCUT2D eigenvalue weighted by atomic mass is 32.2. The van der Waals surface area contributed by atoms with E-state index in [1.165, 1.54) is 11.8 Å². The molecule has 422 valence electrons. The summed E-state index contributed by atoms with van der Waals surface area (Å²) in [4.78, 5) is 3.85. The van der Waals surface area contributed by atoms with Crippen molar-refractivity contribution in [3.05, 3.63) is 0 Å². The zero-order valence-electron chi connectivity index (χ0n) is 39.8. The van der Waals surface area contributed by atoms with E-state index in [0.29, 0.717) is 0 Å². The molecule has 0 aromatic rings. The first kappa shape index (κ1) is 62.5. The van der Waals surface area contributed by atoms with Crippen LogP contribution in [0.4, 0.5) is 0 Å². The molecule has 6 fully saturated rings. The molecule has 0 bridgehead atoms. The Hall–Kier alpha value is -1.99. The highest BCUT2D eigenvalue weighted by Crippen LogP contribution is 2.33. The Balaban J connectivity index is 0.000000286. The van der Waals surface area contributed by atoms with Gasteiger partial charge in [-0.25, -0.2) is 0 Å². The van der Waals surface area contributed by atoms with Crippen molar-refractivity contribution in [2.24, 2.45) is 73.8 Å².